The summed E-state index contributed by atoms with van der Waals surface area (Å²) in [6.45, 7) is 3.11. The van der Waals surface area contributed by atoms with Gasteiger partial charge in [0.25, 0.3) is 0 Å². The molecule has 1 aliphatic rings. The number of rotatable bonds is 4. The van der Waals surface area contributed by atoms with Gasteiger partial charge < -0.3 is 10.0 Å². The summed E-state index contributed by atoms with van der Waals surface area (Å²) in [5.41, 5.74) is 1.90. The van der Waals surface area contributed by atoms with Crippen LogP contribution in [0.5, 0.6) is 0 Å². The fraction of sp³-hybridized carbons (Fsp3) is 0.769. The first-order valence-corrected chi connectivity index (χ1v) is 6.48. The van der Waals surface area contributed by atoms with E-state index in [1.54, 1.807) is 0 Å². The van der Waals surface area contributed by atoms with E-state index in [9.17, 15) is 5.11 Å². The third-order valence-electron chi connectivity index (χ3n) is 3.84. The quantitative estimate of drug-likeness (QED) is 0.869. The first-order chi connectivity index (χ1) is 8.13. The van der Waals surface area contributed by atoms with E-state index in [2.05, 4.69) is 17.0 Å². The van der Waals surface area contributed by atoms with Crippen molar-refractivity contribution in [3.05, 3.63) is 11.3 Å². The normalized spacial score (nSPS) is 16.7. The summed E-state index contributed by atoms with van der Waals surface area (Å²) >= 11 is 0. The SMILES string of the molecule is Cc1nn(C)c(N(C)CC2CCCC2)c1CO. The number of hydrogen-bond donors (Lipinski definition) is 1. The molecule has 0 amide bonds. The van der Waals surface area contributed by atoms with Gasteiger partial charge in [-0.1, -0.05) is 12.8 Å². The molecule has 0 aliphatic heterocycles. The monoisotopic (exact) mass is 237 g/mol. The van der Waals surface area contributed by atoms with Crippen LogP contribution in [0.25, 0.3) is 0 Å². The number of hydrogen-bond acceptors (Lipinski definition) is 3. The summed E-state index contributed by atoms with van der Waals surface area (Å²) < 4.78 is 1.88. The van der Waals surface area contributed by atoms with Crippen LogP contribution in [0.4, 0.5) is 5.82 Å². The van der Waals surface area contributed by atoms with Crippen molar-refractivity contribution in [1.82, 2.24) is 9.78 Å². The Bertz CT molecular complexity index is 380. The van der Waals surface area contributed by atoms with E-state index >= 15 is 0 Å². The van der Waals surface area contributed by atoms with E-state index in [4.69, 9.17) is 0 Å². The molecule has 1 heterocycles. The fourth-order valence-electron chi connectivity index (χ4n) is 3.02. The molecule has 2 rings (SSSR count). The maximum atomic E-state index is 9.44. The molecule has 0 aromatic carbocycles. The molecule has 1 fully saturated rings. The van der Waals surface area contributed by atoms with Gasteiger partial charge in [-0.2, -0.15) is 5.10 Å². The van der Waals surface area contributed by atoms with Gasteiger partial charge in [-0.25, -0.2) is 0 Å². The van der Waals surface area contributed by atoms with E-state index in [1.807, 2.05) is 18.7 Å². The second-order valence-electron chi connectivity index (χ2n) is 5.20. The predicted octanol–water partition coefficient (Wildman–Crippen LogP) is 1.85. The van der Waals surface area contributed by atoms with Crippen molar-refractivity contribution in [2.45, 2.75) is 39.2 Å². The zero-order valence-corrected chi connectivity index (χ0v) is 11.1. The Morgan fingerprint density at radius 1 is 1.41 bits per heavy atom. The molecule has 0 radical (unpaired) electrons. The minimum atomic E-state index is 0.0734. The van der Waals surface area contributed by atoms with E-state index in [1.165, 1.54) is 25.7 Å². The molecule has 4 heteroatoms. The molecule has 17 heavy (non-hydrogen) atoms. The Labute approximate surface area is 103 Å². The molecule has 1 aromatic heterocycles. The molecule has 0 unspecified atom stereocenters. The van der Waals surface area contributed by atoms with Crippen molar-refractivity contribution < 1.29 is 5.11 Å². The third-order valence-corrected chi connectivity index (χ3v) is 3.84. The van der Waals surface area contributed by atoms with Crippen LogP contribution < -0.4 is 4.90 Å². The number of aryl methyl sites for hydroxylation is 2. The molecular weight excluding hydrogens is 214 g/mol. The van der Waals surface area contributed by atoms with Gasteiger partial charge in [0.2, 0.25) is 0 Å². The topological polar surface area (TPSA) is 41.3 Å². The fourth-order valence-corrected chi connectivity index (χ4v) is 3.02. The molecule has 0 bridgehead atoms. The predicted molar refractivity (Wildman–Crippen MR) is 69.1 cm³/mol. The van der Waals surface area contributed by atoms with Crippen LogP contribution in [0.3, 0.4) is 0 Å². The Morgan fingerprint density at radius 3 is 2.65 bits per heavy atom. The van der Waals surface area contributed by atoms with Gasteiger partial charge >= 0.3 is 0 Å². The summed E-state index contributed by atoms with van der Waals surface area (Å²) in [6, 6.07) is 0. The molecule has 0 spiro atoms. The maximum absolute atomic E-state index is 9.44. The molecule has 0 atom stereocenters. The first-order valence-electron chi connectivity index (χ1n) is 6.48. The van der Waals surface area contributed by atoms with Crippen LogP contribution in [-0.4, -0.2) is 28.5 Å². The molecule has 1 aliphatic carbocycles. The van der Waals surface area contributed by atoms with Crippen LogP contribution in [0, 0.1) is 12.8 Å². The average molecular weight is 237 g/mol. The lowest BCUT2D eigenvalue weighted by atomic mass is 10.1. The van der Waals surface area contributed by atoms with Gasteiger partial charge in [-0.15, -0.1) is 0 Å². The van der Waals surface area contributed by atoms with Crippen molar-refractivity contribution in [1.29, 1.82) is 0 Å². The second kappa shape index (κ2) is 5.08. The first kappa shape index (κ1) is 12.4. The van der Waals surface area contributed by atoms with Crippen LogP contribution in [0.15, 0.2) is 0 Å². The lowest BCUT2D eigenvalue weighted by molar-refractivity contribution is 0.281. The molecule has 1 saturated carbocycles. The Morgan fingerprint density at radius 2 is 2.06 bits per heavy atom. The third kappa shape index (κ3) is 2.46. The number of aromatic nitrogens is 2. The highest BCUT2D eigenvalue weighted by atomic mass is 16.3. The minimum absolute atomic E-state index is 0.0734. The van der Waals surface area contributed by atoms with Gasteiger partial charge in [-0.05, 0) is 25.7 Å². The van der Waals surface area contributed by atoms with Crippen molar-refractivity contribution in [3.8, 4) is 0 Å². The Balaban J connectivity index is 2.14. The maximum Gasteiger partial charge on any atom is 0.132 e. The van der Waals surface area contributed by atoms with Gasteiger partial charge in [0.1, 0.15) is 5.82 Å². The number of nitrogens with zero attached hydrogens (tertiary/aromatic N) is 3. The zero-order valence-electron chi connectivity index (χ0n) is 11.1. The van der Waals surface area contributed by atoms with Crippen LogP contribution >= 0.6 is 0 Å². The van der Waals surface area contributed by atoms with Crippen molar-refractivity contribution >= 4 is 5.82 Å². The van der Waals surface area contributed by atoms with Gasteiger partial charge in [0.15, 0.2) is 0 Å². The summed E-state index contributed by atoms with van der Waals surface area (Å²) in [5, 5.41) is 13.8. The lowest BCUT2D eigenvalue weighted by Crippen LogP contribution is -2.26. The summed E-state index contributed by atoms with van der Waals surface area (Å²) in [7, 11) is 4.06. The highest BCUT2D eigenvalue weighted by Gasteiger charge is 2.21. The summed E-state index contributed by atoms with van der Waals surface area (Å²) in [6.07, 6.45) is 5.43. The largest absolute Gasteiger partial charge is 0.391 e. The smallest absolute Gasteiger partial charge is 0.132 e. The number of anilines is 1. The van der Waals surface area contributed by atoms with Gasteiger partial charge in [0.05, 0.1) is 12.3 Å². The van der Waals surface area contributed by atoms with Crippen LogP contribution in [0.2, 0.25) is 0 Å². The molecule has 0 saturated heterocycles. The average Bonchev–Trinajstić information content (AvgIpc) is 2.85. The van der Waals surface area contributed by atoms with Crippen molar-refractivity contribution in [3.63, 3.8) is 0 Å². The second-order valence-corrected chi connectivity index (χ2v) is 5.20. The number of aliphatic hydroxyl groups is 1. The van der Waals surface area contributed by atoms with Crippen LogP contribution in [-0.2, 0) is 13.7 Å². The van der Waals surface area contributed by atoms with Crippen LogP contribution in [0.1, 0.15) is 36.9 Å². The van der Waals surface area contributed by atoms with Gasteiger partial charge in [0, 0.05) is 26.2 Å². The van der Waals surface area contributed by atoms with E-state index in [0.717, 1.165) is 29.5 Å². The summed E-state index contributed by atoms with van der Waals surface area (Å²) in [5.74, 6) is 1.87. The van der Waals surface area contributed by atoms with E-state index in [0.29, 0.717) is 0 Å². The van der Waals surface area contributed by atoms with E-state index < -0.39 is 0 Å². The lowest BCUT2D eigenvalue weighted by Gasteiger charge is -2.24. The number of aliphatic hydroxyl groups excluding tert-OH is 1. The highest BCUT2D eigenvalue weighted by molar-refractivity contribution is 5.49. The standard InChI is InChI=1S/C13H23N3O/c1-10-12(9-17)13(16(3)14-10)15(2)8-11-6-4-5-7-11/h11,17H,4-9H2,1-3H3. The van der Waals surface area contributed by atoms with E-state index in [-0.39, 0.29) is 6.61 Å². The molecule has 96 valence electrons. The van der Waals surface area contributed by atoms with Crippen molar-refractivity contribution in [2.24, 2.45) is 13.0 Å². The highest BCUT2D eigenvalue weighted by Crippen LogP contribution is 2.28. The Hall–Kier alpha value is -1.03. The minimum Gasteiger partial charge on any atom is -0.391 e. The molecular formula is C13H23N3O. The Kier molecular flexibility index (Phi) is 3.72. The van der Waals surface area contributed by atoms with Gasteiger partial charge in [-0.3, -0.25) is 4.68 Å². The summed E-state index contributed by atoms with van der Waals surface area (Å²) in [4.78, 5) is 2.25. The molecule has 1 N–H and O–H groups in total. The zero-order chi connectivity index (χ0) is 12.4. The molecule has 1 aromatic rings. The molecule has 4 nitrogen and oxygen atoms in total. The van der Waals surface area contributed by atoms with Crippen molar-refractivity contribution in [2.75, 3.05) is 18.5 Å².